The maximum absolute atomic E-state index is 12.6. The van der Waals surface area contributed by atoms with E-state index in [2.05, 4.69) is 30.0 Å². The summed E-state index contributed by atoms with van der Waals surface area (Å²) in [4.78, 5) is 19.1. The molecule has 1 aromatic rings. The van der Waals surface area contributed by atoms with Crippen molar-refractivity contribution in [2.24, 2.45) is 0 Å². The van der Waals surface area contributed by atoms with Crippen molar-refractivity contribution in [2.75, 3.05) is 40.3 Å². The lowest BCUT2D eigenvalue weighted by atomic mass is 10.00. The van der Waals surface area contributed by atoms with Crippen LogP contribution in [-0.4, -0.2) is 66.9 Å². The Morgan fingerprint density at radius 3 is 2.91 bits per heavy atom. The van der Waals surface area contributed by atoms with E-state index in [9.17, 15) is 4.79 Å². The number of amides is 1. The fraction of sp³-hybridized carbons (Fsp3) is 0.588. The fourth-order valence-electron chi connectivity index (χ4n) is 3.44. The van der Waals surface area contributed by atoms with Crippen LogP contribution in [0.4, 0.5) is 0 Å². The molecule has 1 fully saturated rings. The topological polar surface area (TPSA) is 26.8 Å². The number of carbonyl (C=O) groups is 1. The van der Waals surface area contributed by atoms with Crippen molar-refractivity contribution in [3.05, 3.63) is 34.3 Å². The summed E-state index contributed by atoms with van der Waals surface area (Å²) >= 11 is 6.24. The molecule has 2 aliphatic heterocycles. The minimum atomic E-state index is 0.241. The van der Waals surface area contributed by atoms with E-state index in [1.807, 2.05) is 17.0 Å². The van der Waals surface area contributed by atoms with Crippen molar-refractivity contribution < 1.29 is 4.79 Å². The predicted molar refractivity (Wildman–Crippen MR) is 89.1 cm³/mol. The Bertz CT molecular complexity index is 561. The third kappa shape index (κ3) is 3.29. The number of rotatable bonds is 3. The second-order valence-electron chi connectivity index (χ2n) is 6.58. The Balaban J connectivity index is 1.58. The monoisotopic (exact) mass is 321 g/mol. The molecule has 0 unspecified atom stereocenters. The summed E-state index contributed by atoms with van der Waals surface area (Å²) in [6, 6.07) is 6.56. The standard InChI is InChI=1S/C17H24ClN3O/c1-19(2)14-6-8-20(11-14)12-17(22)21-9-7-15-13(10-21)4-3-5-16(15)18/h3-5,14H,6-12H2,1-2H3/t14-/m0/s1. The van der Waals surface area contributed by atoms with Gasteiger partial charge < -0.3 is 9.80 Å². The predicted octanol–water partition coefficient (Wildman–Crippen LogP) is 1.86. The largest absolute Gasteiger partial charge is 0.337 e. The van der Waals surface area contributed by atoms with Crippen LogP contribution in [-0.2, 0) is 17.8 Å². The maximum Gasteiger partial charge on any atom is 0.237 e. The highest BCUT2D eigenvalue weighted by Crippen LogP contribution is 2.26. The van der Waals surface area contributed by atoms with Gasteiger partial charge in [-0.1, -0.05) is 23.7 Å². The van der Waals surface area contributed by atoms with Crippen LogP contribution < -0.4 is 0 Å². The Hall–Kier alpha value is -1.10. The van der Waals surface area contributed by atoms with Gasteiger partial charge in [0.05, 0.1) is 6.54 Å². The van der Waals surface area contributed by atoms with Gasteiger partial charge in [0.2, 0.25) is 5.91 Å². The summed E-state index contributed by atoms with van der Waals surface area (Å²) in [6.07, 6.45) is 2.01. The molecule has 1 saturated heterocycles. The summed E-state index contributed by atoms with van der Waals surface area (Å²) < 4.78 is 0. The Morgan fingerprint density at radius 1 is 1.36 bits per heavy atom. The molecule has 4 nitrogen and oxygen atoms in total. The van der Waals surface area contributed by atoms with Gasteiger partial charge in [-0.2, -0.15) is 0 Å². The molecular formula is C17H24ClN3O. The SMILES string of the molecule is CN(C)[C@H]1CCN(CC(=O)N2CCc3c(Cl)cccc3C2)C1. The fourth-order valence-corrected chi connectivity index (χ4v) is 3.73. The van der Waals surface area contributed by atoms with Crippen molar-refractivity contribution in [1.29, 1.82) is 0 Å². The van der Waals surface area contributed by atoms with E-state index in [1.54, 1.807) is 0 Å². The average molecular weight is 322 g/mol. The van der Waals surface area contributed by atoms with Gasteiger partial charge in [0.1, 0.15) is 0 Å². The van der Waals surface area contributed by atoms with Crippen molar-refractivity contribution in [2.45, 2.75) is 25.4 Å². The van der Waals surface area contributed by atoms with Crippen LogP contribution >= 0.6 is 11.6 Å². The van der Waals surface area contributed by atoms with E-state index in [1.165, 1.54) is 11.1 Å². The zero-order valence-corrected chi connectivity index (χ0v) is 14.1. The van der Waals surface area contributed by atoms with E-state index in [-0.39, 0.29) is 5.91 Å². The minimum Gasteiger partial charge on any atom is -0.337 e. The lowest BCUT2D eigenvalue weighted by Crippen LogP contribution is -2.43. The first-order valence-corrected chi connectivity index (χ1v) is 8.35. The van der Waals surface area contributed by atoms with Gasteiger partial charge in [0.15, 0.2) is 0 Å². The highest BCUT2D eigenvalue weighted by Gasteiger charge is 2.28. The molecule has 5 heteroatoms. The first kappa shape index (κ1) is 15.8. The van der Waals surface area contributed by atoms with Crippen LogP contribution in [0, 0.1) is 0 Å². The molecule has 0 aromatic heterocycles. The van der Waals surface area contributed by atoms with Gasteiger partial charge in [0, 0.05) is 37.2 Å². The van der Waals surface area contributed by atoms with Gasteiger partial charge in [-0.05, 0) is 44.1 Å². The number of halogens is 1. The Labute approximate surface area is 137 Å². The molecule has 120 valence electrons. The van der Waals surface area contributed by atoms with E-state index in [4.69, 9.17) is 11.6 Å². The molecule has 2 heterocycles. The molecule has 0 bridgehead atoms. The maximum atomic E-state index is 12.6. The molecule has 1 aromatic carbocycles. The number of carbonyl (C=O) groups excluding carboxylic acids is 1. The van der Waals surface area contributed by atoms with Gasteiger partial charge in [-0.3, -0.25) is 9.69 Å². The summed E-state index contributed by atoms with van der Waals surface area (Å²) in [5.41, 5.74) is 2.40. The lowest BCUT2D eigenvalue weighted by Gasteiger charge is -2.31. The molecule has 22 heavy (non-hydrogen) atoms. The summed E-state index contributed by atoms with van der Waals surface area (Å²) in [7, 11) is 4.22. The van der Waals surface area contributed by atoms with E-state index >= 15 is 0 Å². The van der Waals surface area contributed by atoms with Crippen LogP contribution in [0.2, 0.25) is 5.02 Å². The number of likely N-dealkylation sites (N-methyl/N-ethyl adjacent to an activating group) is 1. The van der Waals surface area contributed by atoms with E-state index < -0.39 is 0 Å². The van der Waals surface area contributed by atoms with Gasteiger partial charge in [0.25, 0.3) is 0 Å². The second-order valence-corrected chi connectivity index (χ2v) is 6.99. The zero-order chi connectivity index (χ0) is 15.7. The summed E-state index contributed by atoms with van der Waals surface area (Å²) in [5, 5.41) is 0.831. The van der Waals surface area contributed by atoms with Crippen LogP contribution in [0.1, 0.15) is 17.5 Å². The minimum absolute atomic E-state index is 0.241. The van der Waals surface area contributed by atoms with E-state index in [0.717, 1.165) is 37.5 Å². The first-order valence-electron chi connectivity index (χ1n) is 7.97. The molecule has 3 rings (SSSR count). The molecule has 1 amide bonds. The Kier molecular flexibility index (Phi) is 4.71. The third-order valence-corrected chi connectivity index (χ3v) is 5.25. The highest BCUT2D eigenvalue weighted by atomic mass is 35.5. The molecule has 0 N–H and O–H groups in total. The highest BCUT2D eigenvalue weighted by molar-refractivity contribution is 6.31. The first-order chi connectivity index (χ1) is 10.5. The van der Waals surface area contributed by atoms with Crippen LogP contribution in [0.5, 0.6) is 0 Å². The van der Waals surface area contributed by atoms with Gasteiger partial charge in [-0.15, -0.1) is 0 Å². The quantitative estimate of drug-likeness (QED) is 0.850. The van der Waals surface area contributed by atoms with Crippen molar-refractivity contribution in [3.63, 3.8) is 0 Å². The number of benzene rings is 1. The smallest absolute Gasteiger partial charge is 0.237 e. The lowest BCUT2D eigenvalue weighted by molar-refractivity contribution is -0.133. The normalized spacial score (nSPS) is 22.2. The molecule has 0 spiro atoms. The number of hydrogen-bond acceptors (Lipinski definition) is 3. The molecule has 0 aliphatic carbocycles. The average Bonchev–Trinajstić information content (AvgIpc) is 2.96. The van der Waals surface area contributed by atoms with Crippen molar-refractivity contribution in [1.82, 2.24) is 14.7 Å². The van der Waals surface area contributed by atoms with Crippen molar-refractivity contribution in [3.8, 4) is 0 Å². The number of likely N-dealkylation sites (tertiary alicyclic amines) is 1. The molecule has 2 aliphatic rings. The summed E-state index contributed by atoms with van der Waals surface area (Å²) in [5.74, 6) is 0.241. The third-order valence-electron chi connectivity index (χ3n) is 4.90. The molecule has 0 radical (unpaired) electrons. The summed E-state index contributed by atoms with van der Waals surface area (Å²) in [6.45, 7) is 4.03. The van der Waals surface area contributed by atoms with Gasteiger partial charge >= 0.3 is 0 Å². The van der Waals surface area contributed by atoms with Gasteiger partial charge in [-0.25, -0.2) is 0 Å². The van der Waals surface area contributed by atoms with Crippen LogP contribution in [0.15, 0.2) is 18.2 Å². The molecular weight excluding hydrogens is 298 g/mol. The van der Waals surface area contributed by atoms with Crippen LogP contribution in [0.3, 0.4) is 0 Å². The number of nitrogens with zero attached hydrogens (tertiary/aromatic N) is 3. The second kappa shape index (κ2) is 6.57. The van der Waals surface area contributed by atoms with Crippen LogP contribution in [0.25, 0.3) is 0 Å². The van der Waals surface area contributed by atoms with E-state index in [0.29, 0.717) is 19.1 Å². The van der Waals surface area contributed by atoms with Crippen molar-refractivity contribution >= 4 is 17.5 Å². The number of hydrogen-bond donors (Lipinski definition) is 0. The molecule has 1 atom stereocenters. The zero-order valence-electron chi connectivity index (χ0n) is 13.4. The Morgan fingerprint density at radius 2 is 2.18 bits per heavy atom. The molecule has 0 saturated carbocycles. The number of fused-ring (bicyclic) bond motifs is 1.